The van der Waals surface area contributed by atoms with Gasteiger partial charge in [-0.1, -0.05) is 81.3 Å². The Morgan fingerprint density at radius 2 is 1.38 bits per heavy atom. The van der Waals surface area contributed by atoms with E-state index in [1.54, 1.807) is 97.3 Å². The van der Waals surface area contributed by atoms with Gasteiger partial charge in [0.2, 0.25) is 5.91 Å². The fourth-order valence-electron chi connectivity index (χ4n) is 9.11. The minimum atomic E-state index is -0.958. The molecule has 5 aromatic rings. The zero-order valence-corrected chi connectivity index (χ0v) is 41.6. The second-order valence-electron chi connectivity index (χ2n) is 18.6. The molecule has 1 aliphatic carbocycles. The van der Waals surface area contributed by atoms with Crippen LogP contribution < -0.4 is 5.32 Å². The van der Waals surface area contributed by atoms with Gasteiger partial charge in [0, 0.05) is 58.3 Å². The van der Waals surface area contributed by atoms with Gasteiger partial charge in [-0.2, -0.15) is 0 Å². The minimum Gasteiger partial charge on any atom is -0.462 e. The van der Waals surface area contributed by atoms with Gasteiger partial charge in [0.15, 0.2) is 11.9 Å². The van der Waals surface area contributed by atoms with Crippen molar-refractivity contribution in [1.82, 2.24) is 29.7 Å². The molecule has 72 heavy (non-hydrogen) atoms. The number of aliphatic hydroxyl groups excluding tert-OH is 1. The van der Waals surface area contributed by atoms with Gasteiger partial charge in [-0.3, -0.25) is 9.36 Å². The Hall–Kier alpha value is -6.53. The summed E-state index contributed by atoms with van der Waals surface area (Å²) in [6.07, 6.45) is 8.09. The van der Waals surface area contributed by atoms with Crippen LogP contribution in [0, 0.1) is 11.8 Å². The maximum atomic E-state index is 13.6. The molecule has 384 valence electrons. The summed E-state index contributed by atoms with van der Waals surface area (Å²) in [7, 11) is 3.86. The summed E-state index contributed by atoms with van der Waals surface area (Å²) in [5.41, 5.74) is 2.97. The number of imidazole rings is 1. The van der Waals surface area contributed by atoms with E-state index in [9.17, 15) is 24.3 Å². The molecule has 9 atom stereocenters. The number of unbranched alkanes of at least 4 members (excludes halogenated alkanes) is 4. The van der Waals surface area contributed by atoms with Crippen molar-refractivity contribution in [2.75, 3.05) is 40.5 Å². The number of hydrogen-bond donors (Lipinski definition) is 2. The van der Waals surface area contributed by atoms with Crippen LogP contribution in [0.2, 0.25) is 0 Å². The highest BCUT2D eigenvalue weighted by Gasteiger charge is 2.49. The second kappa shape index (κ2) is 26.8. The van der Waals surface area contributed by atoms with Crippen molar-refractivity contribution >= 4 is 41.1 Å². The first-order valence-corrected chi connectivity index (χ1v) is 25.1. The Bertz CT molecular complexity index is 2530. The van der Waals surface area contributed by atoms with E-state index in [1.165, 1.54) is 6.33 Å². The number of aliphatic hydroxyl groups is 1. The standard InChI is InChI=1S/C55H68N6O11/c1-5-43-47(63)50(52(70-43)61-36-59-46-42(28-30-60(3)4)57-35-58-51(46)61)68-32-19-7-6-18-29-56-45(62)27-17-20-31-67-44-33-41(34-69-53(64)38-21-11-8-12-22-38)49(72-55(66)40-25-15-10-16-26-40)48(37(44)2)71-54(65)39-23-13-9-14-24-39/h8-16,21-26,28,30,35-37,41,43-44,47-50,52,63H,5-7,17-20,27,29,31-34H2,1-4H3,(H,56,62)/b30-28-/t37-,41+,43+,44+,47?,48+,49-,50-,52+/m0/s1. The molecule has 3 aromatic carbocycles. The van der Waals surface area contributed by atoms with Crippen LogP contribution in [0.15, 0.2) is 110 Å². The molecule has 1 unspecified atom stereocenters. The first-order valence-electron chi connectivity index (χ1n) is 25.1. The van der Waals surface area contributed by atoms with Crippen LogP contribution in [0.3, 0.4) is 0 Å². The first-order chi connectivity index (χ1) is 35.0. The van der Waals surface area contributed by atoms with E-state index >= 15 is 0 Å². The molecule has 0 bridgehead atoms. The molecule has 1 amide bonds. The van der Waals surface area contributed by atoms with Crippen LogP contribution in [0.4, 0.5) is 0 Å². The number of ether oxygens (including phenoxy) is 6. The van der Waals surface area contributed by atoms with Crippen LogP contribution in [0.25, 0.3) is 17.2 Å². The van der Waals surface area contributed by atoms with Gasteiger partial charge in [-0.25, -0.2) is 29.3 Å². The van der Waals surface area contributed by atoms with Crippen molar-refractivity contribution in [2.24, 2.45) is 11.8 Å². The summed E-state index contributed by atoms with van der Waals surface area (Å²) in [6, 6.07) is 25.8. The predicted octanol–water partition coefficient (Wildman–Crippen LogP) is 7.61. The lowest BCUT2D eigenvalue weighted by molar-refractivity contribution is -0.150. The summed E-state index contributed by atoms with van der Waals surface area (Å²) < 4.78 is 39.0. The number of nitrogens with one attached hydrogen (secondary N) is 1. The summed E-state index contributed by atoms with van der Waals surface area (Å²) in [4.78, 5) is 68.4. The third-order valence-electron chi connectivity index (χ3n) is 13.1. The van der Waals surface area contributed by atoms with Crippen molar-refractivity contribution in [2.45, 2.75) is 114 Å². The lowest BCUT2D eigenvalue weighted by Gasteiger charge is -2.44. The van der Waals surface area contributed by atoms with Crippen molar-refractivity contribution in [3.05, 3.63) is 132 Å². The van der Waals surface area contributed by atoms with Gasteiger partial charge in [-0.05, 0) is 81.0 Å². The van der Waals surface area contributed by atoms with E-state index in [0.29, 0.717) is 85.4 Å². The number of hydrogen-bond acceptors (Lipinski definition) is 15. The van der Waals surface area contributed by atoms with E-state index in [1.807, 2.05) is 49.7 Å². The minimum absolute atomic E-state index is 0.0366. The number of amides is 1. The molecule has 2 aliphatic rings. The van der Waals surface area contributed by atoms with E-state index in [4.69, 9.17) is 28.4 Å². The Balaban J connectivity index is 0.855. The summed E-state index contributed by atoms with van der Waals surface area (Å²) >= 11 is 0. The van der Waals surface area contributed by atoms with Gasteiger partial charge in [0.1, 0.15) is 36.3 Å². The predicted molar refractivity (Wildman–Crippen MR) is 268 cm³/mol. The van der Waals surface area contributed by atoms with E-state index < -0.39 is 66.5 Å². The fraction of sp³-hybridized carbons (Fsp3) is 0.473. The Labute approximate surface area is 421 Å². The fourth-order valence-corrected chi connectivity index (χ4v) is 9.11. The van der Waals surface area contributed by atoms with Crippen LogP contribution in [-0.2, 0) is 33.2 Å². The van der Waals surface area contributed by atoms with Crippen molar-refractivity contribution in [1.29, 1.82) is 0 Å². The van der Waals surface area contributed by atoms with Crippen molar-refractivity contribution < 1.29 is 52.7 Å². The summed E-state index contributed by atoms with van der Waals surface area (Å²) in [5, 5.41) is 14.2. The zero-order chi connectivity index (χ0) is 50.8. The molecule has 0 radical (unpaired) electrons. The monoisotopic (exact) mass is 988 g/mol. The Kier molecular flexibility index (Phi) is 19.8. The quantitative estimate of drug-likeness (QED) is 0.0328. The topological polar surface area (TPSA) is 203 Å². The number of benzene rings is 3. The van der Waals surface area contributed by atoms with Crippen molar-refractivity contribution in [3.8, 4) is 0 Å². The van der Waals surface area contributed by atoms with E-state index in [2.05, 4.69) is 20.3 Å². The maximum absolute atomic E-state index is 13.6. The molecule has 3 heterocycles. The Morgan fingerprint density at radius 1 is 0.764 bits per heavy atom. The normalized spacial score (nSPS) is 22.9. The van der Waals surface area contributed by atoms with Crippen LogP contribution in [0.5, 0.6) is 0 Å². The molecule has 17 heteroatoms. The smallest absolute Gasteiger partial charge is 0.338 e. The first kappa shape index (κ1) is 53.3. The molecule has 2 N–H and O–H groups in total. The number of fused-ring (bicyclic) bond motifs is 1. The molecule has 1 saturated heterocycles. The van der Waals surface area contributed by atoms with Gasteiger partial charge in [-0.15, -0.1) is 0 Å². The van der Waals surface area contributed by atoms with Gasteiger partial charge in [0.25, 0.3) is 0 Å². The lowest BCUT2D eigenvalue weighted by atomic mass is 9.76. The third kappa shape index (κ3) is 14.3. The molecular weight excluding hydrogens is 921 g/mol. The number of carbonyl (C=O) groups is 4. The maximum Gasteiger partial charge on any atom is 0.338 e. The highest BCUT2D eigenvalue weighted by molar-refractivity contribution is 5.91. The van der Waals surface area contributed by atoms with Gasteiger partial charge >= 0.3 is 17.9 Å². The summed E-state index contributed by atoms with van der Waals surface area (Å²) in [6.45, 7) is 5.09. The second-order valence-corrected chi connectivity index (χ2v) is 18.6. The molecular formula is C55H68N6O11. The molecule has 2 fully saturated rings. The number of esters is 3. The molecule has 2 aromatic heterocycles. The number of carbonyl (C=O) groups excluding carboxylic acids is 4. The average molecular weight is 989 g/mol. The van der Waals surface area contributed by atoms with Crippen LogP contribution in [-0.4, -0.2) is 130 Å². The number of aromatic nitrogens is 4. The van der Waals surface area contributed by atoms with E-state index in [0.717, 1.165) is 25.7 Å². The summed E-state index contributed by atoms with van der Waals surface area (Å²) in [5.74, 6) is -2.73. The number of nitrogens with zero attached hydrogens (tertiary/aromatic N) is 5. The highest BCUT2D eigenvalue weighted by atomic mass is 16.6. The molecule has 1 saturated carbocycles. The molecule has 1 aliphatic heterocycles. The van der Waals surface area contributed by atoms with Crippen LogP contribution >= 0.6 is 0 Å². The average Bonchev–Trinajstić information content (AvgIpc) is 3.98. The Morgan fingerprint density at radius 3 is 2.03 bits per heavy atom. The zero-order valence-electron chi connectivity index (χ0n) is 41.6. The lowest BCUT2D eigenvalue weighted by Crippen LogP contribution is -2.54. The highest BCUT2D eigenvalue weighted by Crippen LogP contribution is 2.38. The van der Waals surface area contributed by atoms with Gasteiger partial charge < -0.3 is 43.7 Å². The SMILES string of the molecule is CC[C@H]1O[C@@H](n2cnc3c(/C=C\N(C)C)ncnc32)[C@@H](OCCCCCCNC(=O)CCCCO[C@@H]2C[C@H](COC(=O)c3ccccc3)[C@H](OC(=O)c3ccccc3)[C@H](OC(=O)c3ccccc3)[C@H]2C)C1O. The molecule has 17 nitrogen and oxygen atoms in total. The van der Waals surface area contributed by atoms with E-state index in [-0.39, 0.29) is 18.6 Å². The van der Waals surface area contributed by atoms with Gasteiger partial charge in [0.05, 0.1) is 47.5 Å². The molecule has 7 rings (SSSR count). The third-order valence-corrected chi connectivity index (χ3v) is 13.1. The molecule has 0 spiro atoms. The van der Waals surface area contributed by atoms with Crippen molar-refractivity contribution in [3.63, 3.8) is 0 Å². The largest absolute Gasteiger partial charge is 0.462 e. The number of rotatable bonds is 25. The van der Waals surface area contributed by atoms with Crippen LogP contribution in [0.1, 0.15) is 115 Å².